The molecule has 3 aliphatic heterocycles. The molecule has 2 saturated heterocycles. The summed E-state index contributed by atoms with van der Waals surface area (Å²) >= 11 is 0. The van der Waals surface area contributed by atoms with Crippen molar-refractivity contribution in [3.63, 3.8) is 0 Å². The first-order valence-corrected chi connectivity index (χ1v) is 12.2. The Kier molecular flexibility index (Phi) is 6.95. The van der Waals surface area contributed by atoms with Crippen molar-refractivity contribution in [1.82, 2.24) is 15.1 Å². The first kappa shape index (κ1) is 28.1. The Hall–Kier alpha value is -3.44. The van der Waals surface area contributed by atoms with Crippen LogP contribution in [-0.4, -0.2) is 105 Å². The van der Waals surface area contributed by atoms with Crippen LogP contribution in [0, 0.1) is 5.82 Å². The molecule has 0 saturated carbocycles. The standard InChI is InChI=1S/C25H25BFN3O10/c26-23(34)19(20(31)28-22(33)24(23,35)36)30-12-15-14(21(30)32)2-1-3-18(15)40-25(37,38)16-5-4-13(10-17(16)27)11-29-6-8-39-9-7-29/h1-5,10,19,34-38H,6-9,11-12H2,(H,28,31,33). The van der Waals surface area contributed by atoms with Crippen LogP contribution in [0.4, 0.5) is 4.39 Å². The minimum Gasteiger partial charge on any atom is -0.435 e. The molecule has 2 unspecified atom stereocenters. The van der Waals surface area contributed by atoms with Crippen LogP contribution in [0.3, 0.4) is 0 Å². The molecule has 210 valence electrons. The van der Waals surface area contributed by atoms with Crippen molar-refractivity contribution < 1.29 is 53.8 Å². The molecule has 5 rings (SSSR count). The summed E-state index contributed by atoms with van der Waals surface area (Å²) in [7, 11) is 5.58. The quantitative estimate of drug-likeness (QED) is 0.124. The van der Waals surface area contributed by atoms with E-state index in [1.54, 1.807) is 5.32 Å². The molecule has 3 aliphatic rings. The van der Waals surface area contributed by atoms with Crippen molar-refractivity contribution in [1.29, 1.82) is 0 Å². The average Bonchev–Trinajstić information content (AvgIpc) is 3.20. The Morgan fingerprint density at radius 1 is 1.12 bits per heavy atom. The van der Waals surface area contributed by atoms with Gasteiger partial charge in [0.05, 0.1) is 25.3 Å². The SMILES string of the molecule is [B]C1(O)C(N2Cc3c(OC(O)(O)c4ccc(CN5CCOCC5)cc4F)cccc3C2=O)C(=O)NC(=O)C1(O)O. The number of aliphatic hydroxyl groups is 5. The van der Waals surface area contributed by atoms with Gasteiger partial charge in [0.15, 0.2) is 0 Å². The van der Waals surface area contributed by atoms with E-state index >= 15 is 4.39 Å². The Bertz CT molecular complexity index is 1380. The highest BCUT2D eigenvalue weighted by molar-refractivity contribution is 6.24. The molecule has 2 fully saturated rings. The van der Waals surface area contributed by atoms with Crippen molar-refractivity contribution in [3.05, 3.63) is 64.5 Å². The minimum absolute atomic E-state index is 0.00806. The highest BCUT2D eigenvalue weighted by Crippen LogP contribution is 2.39. The predicted molar refractivity (Wildman–Crippen MR) is 130 cm³/mol. The van der Waals surface area contributed by atoms with Gasteiger partial charge < -0.3 is 39.9 Å². The maximum absolute atomic E-state index is 15.0. The van der Waals surface area contributed by atoms with Crippen LogP contribution < -0.4 is 10.1 Å². The van der Waals surface area contributed by atoms with Crippen LogP contribution >= 0.6 is 0 Å². The van der Waals surface area contributed by atoms with Gasteiger partial charge in [-0.15, -0.1) is 0 Å². The van der Waals surface area contributed by atoms with Gasteiger partial charge in [-0.05, 0) is 29.8 Å². The van der Waals surface area contributed by atoms with Crippen LogP contribution in [0.2, 0.25) is 0 Å². The van der Waals surface area contributed by atoms with Crippen LogP contribution in [0.15, 0.2) is 36.4 Å². The molecular formula is C25H25BFN3O10. The van der Waals surface area contributed by atoms with Gasteiger partial charge in [0.2, 0.25) is 0 Å². The lowest BCUT2D eigenvalue weighted by Crippen LogP contribution is -2.79. The highest BCUT2D eigenvalue weighted by Gasteiger charge is 2.64. The molecular weight excluding hydrogens is 532 g/mol. The zero-order valence-corrected chi connectivity index (χ0v) is 20.9. The van der Waals surface area contributed by atoms with Gasteiger partial charge in [-0.25, -0.2) is 4.39 Å². The lowest BCUT2D eigenvalue weighted by Gasteiger charge is -2.47. The van der Waals surface area contributed by atoms with E-state index in [-0.39, 0.29) is 16.9 Å². The molecule has 2 aromatic rings. The van der Waals surface area contributed by atoms with Crippen LogP contribution in [0.25, 0.3) is 0 Å². The summed E-state index contributed by atoms with van der Waals surface area (Å²) in [6, 6.07) is 5.55. The fraction of sp³-hybridized carbons (Fsp3) is 0.400. The highest BCUT2D eigenvalue weighted by atomic mass is 19.1. The van der Waals surface area contributed by atoms with Crippen molar-refractivity contribution in [3.8, 4) is 5.75 Å². The second-order valence-electron chi connectivity index (χ2n) is 9.85. The van der Waals surface area contributed by atoms with Gasteiger partial charge in [0.25, 0.3) is 23.5 Å². The number of carbonyl (C=O) groups is 3. The first-order chi connectivity index (χ1) is 18.7. The van der Waals surface area contributed by atoms with Crippen LogP contribution in [0.1, 0.15) is 27.0 Å². The summed E-state index contributed by atoms with van der Waals surface area (Å²) in [6.07, 6.45) is 0. The van der Waals surface area contributed by atoms with E-state index in [1.807, 2.05) is 0 Å². The molecule has 2 radical (unpaired) electrons. The number of ether oxygens (including phenoxy) is 2. The molecule has 0 aromatic heterocycles. The van der Waals surface area contributed by atoms with Crippen molar-refractivity contribution in [2.24, 2.45) is 0 Å². The molecule has 3 amide bonds. The molecule has 2 aromatic carbocycles. The van der Waals surface area contributed by atoms with Gasteiger partial charge in [-0.3, -0.25) is 24.6 Å². The lowest BCUT2D eigenvalue weighted by atomic mass is 9.66. The minimum atomic E-state index is -3.63. The summed E-state index contributed by atoms with van der Waals surface area (Å²) in [5.41, 5.74) is -3.45. The number of nitrogens with one attached hydrogen (secondary N) is 1. The van der Waals surface area contributed by atoms with Gasteiger partial charge >= 0.3 is 5.97 Å². The van der Waals surface area contributed by atoms with E-state index in [2.05, 4.69) is 4.90 Å². The van der Waals surface area contributed by atoms with Crippen LogP contribution in [-0.2, 0) is 33.4 Å². The van der Waals surface area contributed by atoms with E-state index in [9.17, 15) is 39.9 Å². The van der Waals surface area contributed by atoms with E-state index in [0.717, 1.165) is 12.1 Å². The fourth-order valence-electron chi connectivity index (χ4n) is 5.00. The number of halogens is 1. The van der Waals surface area contributed by atoms with Crippen molar-refractivity contribution in [2.75, 3.05) is 26.3 Å². The predicted octanol–water partition coefficient (Wildman–Crippen LogP) is -2.65. The third-order valence-electron chi connectivity index (χ3n) is 7.19. The Morgan fingerprint density at radius 2 is 1.82 bits per heavy atom. The van der Waals surface area contributed by atoms with Crippen molar-refractivity contribution in [2.45, 2.75) is 36.4 Å². The van der Waals surface area contributed by atoms with Crippen LogP contribution in [0.5, 0.6) is 5.75 Å². The molecule has 6 N–H and O–H groups in total. The maximum Gasteiger partial charge on any atom is 0.354 e. The summed E-state index contributed by atoms with van der Waals surface area (Å²) < 4.78 is 25.6. The summed E-state index contributed by atoms with van der Waals surface area (Å²) in [4.78, 5) is 40.2. The number of fused-ring (bicyclic) bond motifs is 1. The van der Waals surface area contributed by atoms with E-state index in [1.165, 1.54) is 24.3 Å². The number of rotatable bonds is 6. The normalized spacial score (nSPS) is 25.1. The number of hydrogen-bond acceptors (Lipinski definition) is 11. The lowest BCUT2D eigenvalue weighted by molar-refractivity contribution is -0.305. The summed E-state index contributed by atoms with van der Waals surface area (Å²) in [6.45, 7) is 2.34. The van der Waals surface area contributed by atoms with Crippen molar-refractivity contribution >= 4 is 25.6 Å². The van der Waals surface area contributed by atoms with E-state index < -0.39 is 58.9 Å². The molecule has 15 heteroatoms. The third kappa shape index (κ3) is 4.64. The Morgan fingerprint density at radius 3 is 2.50 bits per heavy atom. The molecule has 3 heterocycles. The average molecular weight is 557 g/mol. The molecule has 0 spiro atoms. The zero-order valence-electron chi connectivity index (χ0n) is 20.9. The number of imide groups is 1. The monoisotopic (exact) mass is 557 g/mol. The molecule has 2 atom stereocenters. The van der Waals surface area contributed by atoms with E-state index in [4.69, 9.17) is 17.3 Å². The molecule has 13 nitrogen and oxygen atoms in total. The number of benzene rings is 2. The molecule has 0 bridgehead atoms. The van der Waals surface area contributed by atoms with Gasteiger partial charge in [0.1, 0.15) is 31.0 Å². The Balaban J connectivity index is 1.39. The smallest absolute Gasteiger partial charge is 0.354 e. The number of carbonyl (C=O) groups excluding carboxylic acids is 3. The maximum atomic E-state index is 15.0. The van der Waals surface area contributed by atoms with Gasteiger partial charge in [-0.2, -0.15) is 0 Å². The largest absolute Gasteiger partial charge is 0.435 e. The zero-order chi connectivity index (χ0) is 29.0. The van der Waals surface area contributed by atoms with Gasteiger partial charge in [0, 0.05) is 30.8 Å². The number of nitrogens with zero attached hydrogens (tertiary/aromatic N) is 2. The Labute approximate surface area is 227 Å². The number of morpholine rings is 1. The molecule has 40 heavy (non-hydrogen) atoms. The summed E-state index contributed by atoms with van der Waals surface area (Å²) in [5.74, 6) is -12.0. The fourth-order valence-corrected chi connectivity index (χ4v) is 5.00. The second kappa shape index (κ2) is 9.88. The van der Waals surface area contributed by atoms with E-state index in [0.29, 0.717) is 43.3 Å². The number of amides is 3. The second-order valence-corrected chi connectivity index (χ2v) is 9.85. The third-order valence-corrected chi connectivity index (χ3v) is 7.19. The molecule has 0 aliphatic carbocycles. The first-order valence-electron chi connectivity index (χ1n) is 12.2. The number of piperidine rings is 1. The summed E-state index contributed by atoms with van der Waals surface area (Å²) in [5, 5.41) is 53.7. The topological polar surface area (TPSA) is 189 Å². The van der Waals surface area contributed by atoms with Gasteiger partial charge in [-0.1, -0.05) is 12.1 Å². The number of hydrogen-bond donors (Lipinski definition) is 6.